The molecule has 0 spiro atoms. The molecule has 21 heavy (non-hydrogen) atoms. The van der Waals surface area contributed by atoms with E-state index in [0.717, 1.165) is 17.8 Å². The molecule has 1 unspecified atom stereocenters. The Morgan fingerprint density at radius 2 is 2.14 bits per heavy atom. The summed E-state index contributed by atoms with van der Waals surface area (Å²) < 4.78 is 25.1. The lowest BCUT2D eigenvalue weighted by molar-refractivity contribution is 0.571. The summed E-state index contributed by atoms with van der Waals surface area (Å²) in [5.41, 5.74) is 1.65. The smallest absolute Gasteiger partial charge is 0.175 e. The maximum Gasteiger partial charge on any atom is 0.175 e. The minimum atomic E-state index is -3.25. The second kappa shape index (κ2) is 6.17. The number of hydrogen-bond acceptors (Lipinski definition) is 4. The van der Waals surface area contributed by atoms with Crippen LogP contribution >= 0.6 is 11.6 Å². The Morgan fingerprint density at radius 3 is 2.67 bits per heavy atom. The maximum atomic E-state index is 11.7. The van der Waals surface area contributed by atoms with Crippen molar-refractivity contribution < 1.29 is 8.42 Å². The van der Waals surface area contributed by atoms with Gasteiger partial charge in [-0.25, -0.2) is 8.42 Å². The molecule has 0 amide bonds. The van der Waals surface area contributed by atoms with E-state index < -0.39 is 9.84 Å². The molecule has 7 heteroatoms. The van der Waals surface area contributed by atoms with Crippen LogP contribution in [-0.4, -0.2) is 31.0 Å². The molecule has 0 radical (unpaired) electrons. The lowest BCUT2D eigenvalue weighted by Crippen LogP contribution is -2.24. The molecule has 0 aliphatic rings. The van der Waals surface area contributed by atoms with Crippen LogP contribution in [-0.2, 0) is 16.9 Å². The zero-order chi connectivity index (χ0) is 15.6. The van der Waals surface area contributed by atoms with Crippen LogP contribution in [0.4, 0.5) is 0 Å². The molecule has 0 fully saturated rings. The second-order valence-corrected chi connectivity index (χ2v) is 7.26. The Kier molecular flexibility index (Phi) is 4.70. The Balaban J connectivity index is 2.54. The molecule has 114 valence electrons. The van der Waals surface area contributed by atoms with Crippen LogP contribution in [0.1, 0.15) is 24.2 Å². The second-order valence-electron chi connectivity index (χ2n) is 4.84. The van der Waals surface area contributed by atoms with Crippen LogP contribution in [0.5, 0.6) is 0 Å². The average molecular weight is 328 g/mol. The van der Waals surface area contributed by atoms with Crippen LogP contribution in [0.2, 0.25) is 5.02 Å². The number of benzene rings is 1. The van der Waals surface area contributed by atoms with E-state index >= 15 is 0 Å². The van der Waals surface area contributed by atoms with Gasteiger partial charge in [0.15, 0.2) is 9.84 Å². The first-order chi connectivity index (χ1) is 9.84. The molecule has 1 aromatic heterocycles. The SMILES string of the molecule is CCNC(c1cccc(S(C)(=O)=O)c1)c1c(Cl)cnn1C. The summed E-state index contributed by atoms with van der Waals surface area (Å²) in [6.07, 6.45) is 2.78. The summed E-state index contributed by atoms with van der Waals surface area (Å²) in [7, 11) is -1.43. The molecule has 0 saturated carbocycles. The molecule has 2 aromatic rings. The third-order valence-electron chi connectivity index (χ3n) is 3.24. The quantitative estimate of drug-likeness (QED) is 0.914. The highest BCUT2D eigenvalue weighted by atomic mass is 35.5. The number of aryl methyl sites for hydroxylation is 1. The van der Waals surface area contributed by atoms with Gasteiger partial charge in [-0.3, -0.25) is 4.68 Å². The van der Waals surface area contributed by atoms with E-state index in [2.05, 4.69) is 10.4 Å². The monoisotopic (exact) mass is 327 g/mol. The van der Waals surface area contributed by atoms with E-state index in [0.29, 0.717) is 9.92 Å². The third kappa shape index (κ3) is 3.45. The predicted octanol–water partition coefficient (Wildman–Crippen LogP) is 2.18. The van der Waals surface area contributed by atoms with E-state index in [1.165, 1.54) is 6.26 Å². The van der Waals surface area contributed by atoms with Crippen molar-refractivity contribution in [3.63, 3.8) is 0 Å². The van der Waals surface area contributed by atoms with Gasteiger partial charge in [0.2, 0.25) is 0 Å². The van der Waals surface area contributed by atoms with Gasteiger partial charge >= 0.3 is 0 Å². The fourth-order valence-electron chi connectivity index (χ4n) is 2.25. The molecule has 0 aliphatic heterocycles. The van der Waals surface area contributed by atoms with E-state index in [1.54, 1.807) is 29.1 Å². The van der Waals surface area contributed by atoms with Crippen LogP contribution in [0.3, 0.4) is 0 Å². The minimum absolute atomic E-state index is 0.211. The highest BCUT2D eigenvalue weighted by molar-refractivity contribution is 7.90. The fourth-order valence-corrected chi connectivity index (χ4v) is 3.20. The van der Waals surface area contributed by atoms with Gasteiger partial charge in [0.1, 0.15) is 0 Å². The Labute approximate surface area is 129 Å². The molecule has 0 aliphatic carbocycles. The number of aromatic nitrogens is 2. The summed E-state index contributed by atoms with van der Waals surface area (Å²) in [6, 6.07) is 6.67. The Morgan fingerprint density at radius 1 is 1.43 bits per heavy atom. The molecule has 1 atom stereocenters. The van der Waals surface area contributed by atoms with Gasteiger partial charge in [-0.15, -0.1) is 0 Å². The molecule has 5 nitrogen and oxygen atoms in total. The van der Waals surface area contributed by atoms with Gasteiger partial charge < -0.3 is 5.32 Å². The zero-order valence-electron chi connectivity index (χ0n) is 12.2. The zero-order valence-corrected chi connectivity index (χ0v) is 13.7. The predicted molar refractivity (Wildman–Crippen MR) is 83.3 cm³/mol. The van der Waals surface area contributed by atoms with Gasteiger partial charge in [0, 0.05) is 13.3 Å². The van der Waals surface area contributed by atoms with Crippen LogP contribution < -0.4 is 5.32 Å². The average Bonchev–Trinajstić information content (AvgIpc) is 2.75. The molecule has 0 saturated heterocycles. The summed E-state index contributed by atoms with van der Waals surface area (Å²) in [6.45, 7) is 2.70. The van der Waals surface area contributed by atoms with Crippen LogP contribution in [0, 0.1) is 0 Å². The van der Waals surface area contributed by atoms with Crippen molar-refractivity contribution in [2.75, 3.05) is 12.8 Å². The number of nitrogens with zero attached hydrogens (tertiary/aromatic N) is 2. The lowest BCUT2D eigenvalue weighted by atomic mass is 10.0. The van der Waals surface area contributed by atoms with Crippen molar-refractivity contribution in [3.8, 4) is 0 Å². The summed E-state index contributed by atoms with van der Waals surface area (Å²) in [5, 5.41) is 8.01. The van der Waals surface area contributed by atoms with Crippen LogP contribution in [0.15, 0.2) is 35.4 Å². The van der Waals surface area contributed by atoms with Gasteiger partial charge in [0.05, 0.1) is 27.9 Å². The number of sulfone groups is 1. The molecular formula is C14H18ClN3O2S. The van der Waals surface area contributed by atoms with Crippen molar-refractivity contribution in [1.29, 1.82) is 0 Å². The number of nitrogens with one attached hydrogen (secondary N) is 1. The minimum Gasteiger partial charge on any atom is -0.305 e. The Bertz CT molecular complexity index is 721. The van der Waals surface area contributed by atoms with E-state index in [9.17, 15) is 8.42 Å². The normalized spacial score (nSPS) is 13.3. The number of hydrogen-bond donors (Lipinski definition) is 1. The molecule has 1 heterocycles. The molecule has 1 aromatic carbocycles. The molecule has 1 N–H and O–H groups in total. The van der Waals surface area contributed by atoms with Gasteiger partial charge in [-0.05, 0) is 24.2 Å². The van der Waals surface area contributed by atoms with Crippen LogP contribution in [0.25, 0.3) is 0 Å². The first kappa shape index (κ1) is 16.0. The Hall–Kier alpha value is -1.37. The van der Waals surface area contributed by atoms with Gasteiger partial charge in [-0.1, -0.05) is 30.7 Å². The van der Waals surface area contributed by atoms with E-state index in [-0.39, 0.29) is 6.04 Å². The van der Waals surface area contributed by atoms with Crippen molar-refractivity contribution >= 4 is 21.4 Å². The molecule has 0 bridgehead atoms. The van der Waals surface area contributed by atoms with E-state index in [1.807, 2.05) is 20.0 Å². The topological polar surface area (TPSA) is 64.0 Å². The summed E-state index contributed by atoms with van der Waals surface area (Å²) in [4.78, 5) is 0.293. The standard InChI is InChI=1S/C14H18ClN3O2S/c1-4-16-13(14-12(15)9-17-18(14)2)10-6-5-7-11(8-10)21(3,19)20/h5-9,13,16H,4H2,1-3H3. The summed E-state index contributed by atoms with van der Waals surface area (Å²) >= 11 is 6.21. The first-order valence-electron chi connectivity index (χ1n) is 6.55. The lowest BCUT2D eigenvalue weighted by Gasteiger charge is -2.20. The van der Waals surface area contributed by atoms with Crippen molar-refractivity contribution in [3.05, 3.63) is 46.7 Å². The first-order valence-corrected chi connectivity index (χ1v) is 8.82. The third-order valence-corrected chi connectivity index (χ3v) is 4.64. The van der Waals surface area contributed by atoms with Gasteiger partial charge in [0.25, 0.3) is 0 Å². The number of halogens is 1. The van der Waals surface area contributed by atoms with Crippen molar-refractivity contribution in [1.82, 2.24) is 15.1 Å². The highest BCUT2D eigenvalue weighted by Crippen LogP contribution is 2.28. The van der Waals surface area contributed by atoms with Crippen molar-refractivity contribution in [2.24, 2.45) is 7.05 Å². The maximum absolute atomic E-state index is 11.7. The fraction of sp³-hybridized carbons (Fsp3) is 0.357. The van der Waals surface area contributed by atoms with E-state index in [4.69, 9.17) is 11.6 Å². The largest absolute Gasteiger partial charge is 0.305 e. The molecular weight excluding hydrogens is 310 g/mol. The van der Waals surface area contributed by atoms with Crippen molar-refractivity contribution in [2.45, 2.75) is 17.9 Å². The summed E-state index contributed by atoms with van der Waals surface area (Å²) in [5.74, 6) is 0. The molecule has 2 rings (SSSR count). The number of rotatable bonds is 5. The van der Waals surface area contributed by atoms with Gasteiger partial charge in [-0.2, -0.15) is 5.10 Å². The highest BCUT2D eigenvalue weighted by Gasteiger charge is 2.21.